The van der Waals surface area contributed by atoms with Gasteiger partial charge in [0.2, 0.25) is 0 Å². The third kappa shape index (κ3) is 1.73. The van der Waals surface area contributed by atoms with E-state index in [1.165, 1.54) is 5.56 Å². The molecule has 0 fully saturated rings. The Morgan fingerprint density at radius 1 is 1.53 bits per heavy atom. The number of ether oxygens (including phenoxy) is 1. The van der Waals surface area contributed by atoms with Gasteiger partial charge in [-0.1, -0.05) is 13.0 Å². The summed E-state index contributed by atoms with van der Waals surface area (Å²) in [6, 6.07) is 5.95. The number of hydrogen-bond donors (Lipinski definition) is 2. The lowest BCUT2D eigenvalue weighted by Crippen LogP contribution is -2.39. The van der Waals surface area contributed by atoms with Crippen molar-refractivity contribution in [1.29, 1.82) is 0 Å². The van der Waals surface area contributed by atoms with Crippen molar-refractivity contribution >= 4 is 0 Å². The van der Waals surface area contributed by atoms with Crippen molar-refractivity contribution in [2.75, 3.05) is 13.2 Å². The van der Waals surface area contributed by atoms with Crippen molar-refractivity contribution in [3.05, 3.63) is 29.3 Å². The van der Waals surface area contributed by atoms with Crippen LogP contribution in [0.15, 0.2) is 18.2 Å². The van der Waals surface area contributed by atoms with Gasteiger partial charge in [-0.15, -0.1) is 0 Å². The lowest BCUT2D eigenvalue weighted by atomic mass is 9.87. The minimum atomic E-state index is -0.904. The largest absolute Gasteiger partial charge is 0.493 e. The van der Waals surface area contributed by atoms with E-state index in [4.69, 9.17) is 10.5 Å². The first-order chi connectivity index (χ1) is 7.19. The van der Waals surface area contributed by atoms with Crippen LogP contribution in [0, 0.1) is 0 Å². The number of aliphatic hydroxyl groups is 1. The zero-order chi connectivity index (χ0) is 10.9. The van der Waals surface area contributed by atoms with Gasteiger partial charge in [0.1, 0.15) is 11.4 Å². The zero-order valence-corrected chi connectivity index (χ0v) is 8.99. The number of fused-ring (bicyclic) bond motifs is 1. The van der Waals surface area contributed by atoms with Crippen molar-refractivity contribution in [2.24, 2.45) is 5.73 Å². The molecular formula is C12H17NO2. The minimum absolute atomic E-state index is 0.247. The molecule has 0 spiro atoms. The van der Waals surface area contributed by atoms with Crippen LogP contribution >= 0.6 is 0 Å². The Morgan fingerprint density at radius 2 is 2.33 bits per heavy atom. The van der Waals surface area contributed by atoms with Gasteiger partial charge >= 0.3 is 0 Å². The Bertz CT molecular complexity index is 365. The number of aryl methyl sites for hydroxylation is 1. The van der Waals surface area contributed by atoms with Crippen LogP contribution < -0.4 is 10.5 Å². The predicted molar refractivity (Wildman–Crippen MR) is 58.9 cm³/mol. The summed E-state index contributed by atoms with van der Waals surface area (Å²) in [5, 5.41) is 10.3. The molecule has 0 bridgehead atoms. The van der Waals surface area contributed by atoms with Gasteiger partial charge < -0.3 is 15.6 Å². The van der Waals surface area contributed by atoms with Crippen LogP contribution in [0.2, 0.25) is 0 Å². The third-order valence-electron chi connectivity index (χ3n) is 3.06. The summed E-state index contributed by atoms with van der Waals surface area (Å²) < 4.78 is 5.50. The topological polar surface area (TPSA) is 55.5 Å². The van der Waals surface area contributed by atoms with E-state index in [9.17, 15) is 5.11 Å². The monoisotopic (exact) mass is 207 g/mol. The molecule has 1 heterocycles. The van der Waals surface area contributed by atoms with E-state index in [2.05, 4.69) is 6.92 Å². The van der Waals surface area contributed by atoms with Gasteiger partial charge in [-0.2, -0.15) is 0 Å². The average molecular weight is 207 g/mol. The van der Waals surface area contributed by atoms with Gasteiger partial charge in [0.15, 0.2) is 0 Å². The molecule has 1 aliphatic heterocycles. The molecule has 1 aromatic rings. The Labute approximate surface area is 89.9 Å². The fourth-order valence-electron chi connectivity index (χ4n) is 1.96. The molecule has 0 saturated heterocycles. The number of rotatable bonds is 2. The Morgan fingerprint density at radius 3 is 3.00 bits per heavy atom. The van der Waals surface area contributed by atoms with Crippen LogP contribution in [0.1, 0.15) is 24.5 Å². The lowest BCUT2D eigenvalue weighted by molar-refractivity contribution is 0.00527. The maximum atomic E-state index is 10.3. The van der Waals surface area contributed by atoms with Crippen LogP contribution in [0.25, 0.3) is 0 Å². The van der Waals surface area contributed by atoms with Crippen molar-refractivity contribution in [3.8, 4) is 5.75 Å². The quantitative estimate of drug-likeness (QED) is 0.765. The molecule has 3 nitrogen and oxygen atoms in total. The van der Waals surface area contributed by atoms with Gasteiger partial charge in [-0.25, -0.2) is 0 Å². The minimum Gasteiger partial charge on any atom is -0.493 e. The summed E-state index contributed by atoms with van der Waals surface area (Å²) in [6.45, 7) is 2.87. The first-order valence-corrected chi connectivity index (χ1v) is 5.38. The van der Waals surface area contributed by atoms with Gasteiger partial charge in [-0.3, -0.25) is 0 Å². The zero-order valence-electron chi connectivity index (χ0n) is 8.99. The highest BCUT2D eigenvalue weighted by atomic mass is 16.5. The first-order valence-electron chi connectivity index (χ1n) is 5.38. The molecule has 0 radical (unpaired) electrons. The van der Waals surface area contributed by atoms with Crippen molar-refractivity contribution < 1.29 is 9.84 Å². The molecule has 15 heavy (non-hydrogen) atoms. The molecular weight excluding hydrogens is 190 g/mol. The summed E-state index contributed by atoms with van der Waals surface area (Å²) >= 11 is 0. The van der Waals surface area contributed by atoms with E-state index >= 15 is 0 Å². The van der Waals surface area contributed by atoms with Crippen LogP contribution in [0.4, 0.5) is 0 Å². The Balaban J connectivity index is 2.48. The van der Waals surface area contributed by atoms with Crippen molar-refractivity contribution in [3.63, 3.8) is 0 Å². The first kappa shape index (κ1) is 10.5. The summed E-state index contributed by atoms with van der Waals surface area (Å²) in [5.74, 6) is 0.770. The highest BCUT2D eigenvalue weighted by Gasteiger charge is 2.34. The summed E-state index contributed by atoms with van der Waals surface area (Å²) in [4.78, 5) is 0. The molecule has 1 unspecified atom stereocenters. The molecule has 82 valence electrons. The molecule has 1 aliphatic rings. The van der Waals surface area contributed by atoms with Gasteiger partial charge in [0, 0.05) is 18.5 Å². The molecule has 3 N–H and O–H groups in total. The molecule has 0 saturated carbocycles. The van der Waals surface area contributed by atoms with Crippen molar-refractivity contribution in [2.45, 2.75) is 25.4 Å². The van der Waals surface area contributed by atoms with E-state index in [0.717, 1.165) is 17.7 Å². The highest BCUT2D eigenvalue weighted by molar-refractivity contribution is 5.42. The fourth-order valence-corrected chi connectivity index (χ4v) is 1.96. The smallest absolute Gasteiger partial charge is 0.125 e. The van der Waals surface area contributed by atoms with E-state index in [-0.39, 0.29) is 6.54 Å². The second kappa shape index (κ2) is 3.83. The highest BCUT2D eigenvalue weighted by Crippen LogP contribution is 2.36. The molecule has 0 aliphatic carbocycles. The maximum Gasteiger partial charge on any atom is 0.125 e. The fraction of sp³-hybridized carbons (Fsp3) is 0.500. The third-order valence-corrected chi connectivity index (χ3v) is 3.06. The summed E-state index contributed by atoms with van der Waals surface area (Å²) in [5.41, 5.74) is 6.78. The van der Waals surface area contributed by atoms with Crippen LogP contribution in [0.5, 0.6) is 5.75 Å². The van der Waals surface area contributed by atoms with Crippen LogP contribution in [-0.4, -0.2) is 18.3 Å². The second-order valence-electron chi connectivity index (χ2n) is 4.02. The molecule has 0 amide bonds. The van der Waals surface area contributed by atoms with E-state index in [1.54, 1.807) is 0 Å². The van der Waals surface area contributed by atoms with Crippen molar-refractivity contribution in [1.82, 2.24) is 0 Å². The molecule has 2 rings (SSSR count). The van der Waals surface area contributed by atoms with E-state index in [1.807, 2.05) is 18.2 Å². The van der Waals surface area contributed by atoms with Gasteiger partial charge in [0.25, 0.3) is 0 Å². The average Bonchev–Trinajstić information content (AvgIpc) is 2.29. The van der Waals surface area contributed by atoms with E-state index in [0.29, 0.717) is 13.0 Å². The number of nitrogens with two attached hydrogens (primary N) is 1. The van der Waals surface area contributed by atoms with Gasteiger partial charge in [0.05, 0.1) is 6.61 Å². The maximum absolute atomic E-state index is 10.3. The number of hydrogen-bond acceptors (Lipinski definition) is 3. The lowest BCUT2D eigenvalue weighted by Gasteiger charge is -2.33. The SMILES string of the molecule is CCc1ccc2c(c1)C(O)(CN)CCO2. The Kier molecular flexibility index (Phi) is 2.67. The van der Waals surface area contributed by atoms with Gasteiger partial charge in [-0.05, 0) is 24.1 Å². The van der Waals surface area contributed by atoms with E-state index < -0.39 is 5.60 Å². The standard InChI is InChI=1S/C12H17NO2/c1-2-9-3-4-11-10(7-9)12(14,8-13)5-6-15-11/h3-4,7,14H,2,5-6,8,13H2,1H3. The number of benzene rings is 1. The summed E-state index contributed by atoms with van der Waals surface area (Å²) in [6.07, 6.45) is 1.53. The normalized spacial score (nSPS) is 24.5. The summed E-state index contributed by atoms with van der Waals surface area (Å²) in [7, 11) is 0. The van der Waals surface area contributed by atoms with Crippen LogP contribution in [-0.2, 0) is 12.0 Å². The van der Waals surface area contributed by atoms with Crippen LogP contribution in [0.3, 0.4) is 0 Å². The molecule has 3 heteroatoms. The molecule has 0 aromatic heterocycles. The predicted octanol–water partition coefficient (Wildman–Crippen LogP) is 1.18. The molecule has 1 atom stereocenters. The molecule has 1 aromatic carbocycles. The Hall–Kier alpha value is -1.06. The second-order valence-corrected chi connectivity index (χ2v) is 4.02.